The smallest absolute Gasteiger partial charge is 0.261 e. The van der Waals surface area contributed by atoms with Gasteiger partial charge in [-0.15, -0.1) is 0 Å². The lowest BCUT2D eigenvalue weighted by Gasteiger charge is -2.11. The van der Waals surface area contributed by atoms with E-state index in [0.29, 0.717) is 13.0 Å². The number of carbonyl (C=O) groups is 1. The summed E-state index contributed by atoms with van der Waals surface area (Å²) in [6, 6.07) is 18.2. The first-order valence-corrected chi connectivity index (χ1v) is 10.6. The lowest BCUT2D eigenvalue weighted by Crippen LogP contribution is -2.26. The lowest BCUT2D eigenvalue weighted by molar-refractivity contribution is 0.0954. The first-order chi connectivity index (χ1) is 13.8. The summed E-state index contributed by atoms with van der Waals surface area (Å²) in [5.74, 6) is -0.719. The van der Waals surface area contributed by atoms with Crippen LogP contribution >= 0.6 is 11.6 Å². The second kappa shape index (κ2) is 9.07. The van der Waals surface area contributed by atoms with Crippen LogP contribution in [0.5, 0.6) is 0 Å². The monoisotopic (exact) mass is 432 g/mol. The lowest BCUT2D eigenvalue weighted by atomic mass is 10.1. The molecular weight excluding hydrogens is 415 g/mol. The van der Waals surface area contributed by atoms with Crippen molar-refractivity contribution in [1.82, 2.24) is 5.32 Å². The van der Waals surface area contributed by atoms with Crippen LogP contribution in [-0.2, 0) is 16.4 Å². The summed E-state index contributed by atoms with van der Waals surface area (Å²) in [5.41, 5.74) is 1.35. The molecule has 150 valence electrons. The quantitative estimate of drug-likeness (QED) is 0.586. The first kappa shape index (κ1) is 20.8. The van der Waals surface area contributed by atoms with Crippen molar-refractivity contribution in [2.75, 3.05) is 11.3 Å². The molecule has 0 atom stereocenters. The number of amides is 1. The van der Waals surface area contributed by atoms with Crippen LogP contribution in [0.25, 0.3) is 0 Å². The number of anilines is 1. The van der Waals surface area contributed by atoms with Crippen molar-refractivity contribution in [3.63, 3.8) is 0 Å². The van der Waals surface area contributed by atoms with E-state index in [-0.39, 0.29) is 27.0 Å². The van der Waals surface area contributed by atoms with Crippen LogP contribution in [0, 0.1) is 5.82 Å². The predicted octanol–water partition coefficient (Wildman–Crippen LogP) is 4.25. The molecule has 0 aliphatic heterocycles. The van der Waals surface area contributed by atoms with Crippen LogP contribution in [0.2, 0.25) is 5.02 Å². The van der Waals surface area contributed by atoms with Crippen LogP contribution in [0.1, 0.15) is 15.9 Å². The van der Waals surface area contributed by atoms with Crippen molar-refractivity contribution in [1.29, 1.82) is 0 Å². The molecule has 0 aromatic heterocycles. The molecule has 0 saturated heterocycles. The molecule has 0 spiro atoms. The highest BCUT2D eigenvalue weighted by Gasteiger charge is 2.17. The average molecular weight is 433 g/mol. The van der Waals surface area contributed by atoms with Crippen LogP contribution < -0.4 is 10.0 Å². The van der Waals surface area contributed by atoms with Crippen molar-refractivity contribution in [3.05, 3.63) is 94.8 Å². The van der Waals surface area contributed by atoms with E-state index >= 15 is 0 Å². The number of rotatable bonds is 7. The Kier molecular flexibility index (Phi) is 6.51. The molecule has 0 unspecified atom stereocenters. The van der Waals surface area contributed by atoms with Gasteiger partial charge in [-0.25, -0.2) is 12.8 Å². The zero-order valence-electron chi connectivity index (χ0n) is 15.2. The number of nitrogens with one attached hydrogen (secondary N) is 2. The third-order valence-corrected chi connectivity index (χ3v) is 5.83. The molecule has 2 N–H and O–H groups in total. The molecule has 1 amide bonds. The van der Waals surface area contributed by atoms with Gasteiger partial charge in [-0.2, -0.15) is 0 Å². The van der Waals surface area contributed by atoms with Gasteiger partial charge in [-0.1, -0.05) is 41.9 Å². The molecule has 29 heavy (non-hydrogen) atoms. The van der Waals surface area contributed by atoms with E-state index in [1.165, 1.54) is 36.4 Å². The van der Waals surface area contributed by atoms with E-state index < -0.39 is 15.9 Å². The Bertz CT molecular complexity index is 1120. The molecule has 3 aromatic rings. The van der Waals surface area contributed by atoms with Gasteiger partial charge < -0.3 is 5.32 Å². The predicted molar refractivity (Wildman–Crippen MR) is 111 cm³/mol. The van der Waals surface area contributed by atoms with E-state index in [4.69, 9.17) is 11.6 Å². The van der Waals surface area contributed by atoms with Crippen LogP contribution in [0.3, 0.4) is 0 Å². The SMILES string of the molecule is O=C(NCCc1ccc(F)cc1)c1cccc(S(=O)(=O)Nc2ccccc2Cl)c1. The standard InChI is InChI=1S/C21H18ClFN2O3S/c22-19-6-1-2-7-20(19)25-29(27,28)18-5-3-4-16(14-18)21(26)24-13-12-15-8-10-17(23)11-9-15/h1-11,14,25H,12-13H2,(H,24,26). The highest BCUT2D eigenvalue weighted by Crippen LogP contribution is 2.24. The largest absolute Gasteiger partial charge is 0.352 e. The third kappa shape index (κ3) is 5.56. The number of para-hydroxylation sites is 1. The summed E-state index contributed by atoms with van der Waals surface area (Å²) >= 11 is 6.00. The van der Waals surface area contributed by atoms with E-state index in [0.717, 1.165) is 5.56 Å². The minimum absolute atomic E-state index is 0.0522. The van der Waals surface area contributed by atoms with E-state index in [1.807, 2.05) is 0 Å². The molecule has 0 saturated carbocycles. The minimum Gasteiger partial charge on any atom is -0.352 e. The molecule has 5 nitrogen and oxygen atoms in total. The molecule has 0 aliphatic carbocycles. The summed E-state index contributed by atoms with van der Waals surface area (Å²) in [4.78, 5) is 12.3. The summed E-state index contributed by atoms with van der Waals surface area (Å²) in [7, 11) is -3.91. The van der Waals surface area contributed by atoms with E-state index in [2.05, 4.69) is 10.0 Å². The molecular formula is C21H18ClFN2O3S. The van der Waals surface area contributed by atoms with Gasteiger partial charge in [-0.3, -0.25) is 9.52 Å². The number of hydrogen-bond acceptors (Lipinski definition) is 3. The fraction of sp³-hybridized carbons (Fsp3) is 0.0952. The maximum Gasteiger partial charge on any atom is 0.261 e. The number of carbonyl (C=O) groups excluding carboxylic acids is 1. The summed E-state index contributed by atoms with van der Waals surface area (Å²) in [6.07, 6.45) is 0.526. The van der Waals surface area contributed by atoms with Gasteiger partial charge in [0.15, 0.2) is 0 Å². The number of halogens is 2. The molecule has 8 heteroatoms. The van der Waals surface area contributed by atoms with Gasteiger partial charge in [0, 0.05) is 12.1 Å². The van der Waals surface area contributed by atoms with E-state index in [9.17, 15) is 17.6 Å². The van der Waals surface area contributed by atoms with E-state index in [1.54, 1.807) is 36.4 Å². The Morgan fingerprint density at radius 1 is 0.966 bits per heavy atom. The Labute approximate surface area is 173 Å². The average Bonchev–Trinajstić information content (AvgIpc) is 2.71. The fourth-order valence-electron chi connectivity index (χ4n) is 2.63. The van der Waals surface area contributed by atoms with Crippen molar-refractivity contribution in [2.24, 2.45) is 0 Å². The van der Waals surface area contributed by atoms with Gasteiger partial charge in [0.2, 0.25) is 0 Å². The van der Waals surface area contributed by atoms with Crippen LogP contribution in [0.4, 0.5) is 10.1 Å². The van der Waals surface area contributed by atoms with Crippen LogP contribution in [0.15, 0.2) is 77.7 Å². The van der Waals surface area contributed by atoms with Crippen molar-refractivity contribution in [2.45, 2.75) is 11.3 Å². The van der Waals surface area contributed by atoms with Crippen molar-refractivity contribution in [3.8, 4) is 0 Å². The van der Waals surface area contributed by atoms with Crippen molar-refractivity contribution < 1.29 is 17.6 Å². The molecule has 0 aliphatic rings. The van der Waals surface area contributed by atoms with Gasteiger partial charge in [0.1, 0.15) is 5.82 Å². The number of benzene rings is 3. The highest BCUT2D eigenvalue weighted by molar-refractivity contribution is 7.92. The van der Waals surface area contributed by atoms with Crippen molar-refractivity contribution >= 4 is 33.2 Å². The highest BCUT2D eigenvalue weighted by atomic mass is 35.5. The zero-order chi connectivity index (χ0) is 20.9. The Morgan fingerprint density at radius 2 is 1.69 bits per heavy atom. The Hall–Kier alpha value is -2.90. The number of hydrogen-bond donors (Lipinski definition) is 2. The third-order valence-electron chi connectivity index (χ3n) is 4.14. The maximum atomic E-state index is 12.9. The van der Waals surface area contributed by atoms with Gasteiger partial charge in [0.25, 0.3) is 15.9 Å². The van der Waals surface area contributed by atoms with Crippen LogP contribution in [-0.4, -0.2) is 20.9 Å². The van der Waals surface area contributed by atoms with Gasteiger partial charge in [0.05, 0.1) is 15.6 Å². The summed E-state index contributed by atoms with van der Waals surface area (Å²) in [6.45, 7) is 0.333. The molecule has 0 fully saturated rings. The normalized spacial score (nSPS) is 11.1. The molecule has 3 aromatic carbocycles. The molecule has 3 rings (SSSR count). The second-order valence-electron chi connectivity index (χ2n) is 6.25. The maximum absolute atomic E-state index is 12.9. The summed E-state index contributed by atoms with van der Waals surface area (Å²) in [5, 5.41) is 3.00. The summed E-state index contributed by atoms with van der Waals surface area (Å²) < 4.78 is 40.6. The number of sulfonamides is 1. The fourth-order valence-corrected chi connectivity index (χ4v) is 3.99. The molecule has 0 heterocycles. The van der Waals surface area contributed by atoms with Gasteiger partial charge >= 0.3 is 0 Å². The Morgan fingerprint density at radius 3 is 2.41 bits per heavy atom. The second-order valence-corrected chi connectivity index (χ2v) is 8.34. The first-order valence-electron chi connectivity index (χ1n) is 8.75. The Balaban J connectivity index is 1.67. The topological polar surface area (TPSA) is 75.3 Å². The molecule has 0 radical (unpaired) electrons. The molecule has 0 bridgehead atoms. The zero-order valence-corrected chi connectivity index (χ0v) is 16.8. The minimum atomic E-state index is -3.91. The van der Waals surface area contributed by atoms with Gasteiger partial charge in [-0.05, 0) is 54.4 Å².